The van der Waals surface area contributed by atoms with E-state index < -0.39 is 0 Å². The van der Waals surface area contributed by atoms with E-state index >= 15 is 0 Å². The van der Waals surface area contributed by atoms with E-state index in [1.807, 2.05) is 18.2 Å². The number of aromatic hydroxyl groups is 1. The fraction of sp³-hybridized carbons (Fsp3) is 0.368. The zero-order valence-electron chi connectivity index (χ0n) is 14.1. The van der Waals surface area contributed by atoms with E-state index in [0.29, 0.717) is 24.3 Å². The summed E-state index contributed by atoms with van der Waals surface area (Å²) in [6.45, 7) is 0.223. The van der Waals surface area contributed by atoms with E-state index in [9.17, 15) is 10.3 Å². The molecule has 3 aliphatic heterocycles. The van der Waals surface area contributed by atoms with Crippen molar-refractivity contribution in [3.63, 3.8) is 0 Å². The van der Waals surface area contributed by atoms with E-state index in [0.717, 1.165) is 28.0 Å². The van der Waals surface area contributed by atoms with Crippen molar-refractivity contribution in [1.29, 1.82) is 0 Å². The lowest BCUT2D eigenvalue weighted by molar-refractivity contribution is -0.927. The molecule has 0 radical (unpaired) electrons. The molecule has 0 spiro atoms. The van der Waals surface area contributed by atoms with Crippen molar-refractivity contribution in [3.05, 3.63) is 51.7 Å². The molecule has 6 heteroatoms. The molecule has 2 aromatic carbocycles. The van der Waals surface area contributed by atoms with Crippen LogP contribution in [0, 0.1) is 5.21 Å². The Morgan fingerprint density at radius 3 is 2.32 bits per heavy atom. The standard InChI is InChI=1S/C19H19NO5/c1-20(22)14-3-10-5-16(21)17(23-2)7-12(10)15(20)4-11-6-18-19(8-13(11)14)25-9-24-18/h5-8,14-15,21H,3-4,9H2,1-2H3/t14-,15-,20-/m0/s1. The number of ether oxygens (including phenoxy) is 3. The van der Waals surface area contributed by atoms with Gasteiger partial charge in [0.2, 0.25) is 6.79 Å². The van der Waals surface area contributed by atoms with E-state index in [1.54, 1.807) is 13.1 Å². The molecule has 130 valence electrons. The summed E-state index contributed by atoms with van der Waals surface area (Å²) >= 11 is 0. The van der Waals surface area contributed by atoms with Gasteiger partial charge in [-0.2, -0.15) is 0 Å². The number of phenols is 1. The average Bonchev–Trinajstić information content (AvgIpc) is 3.02. The lowest BCUT2D eigenvalue weighted by Crippen LogP contribution is -2.52. The lowest BCUT2D eigenvalue weighted by atomic mass is 9.76. The second-order valence-corrected chi connectivity index (χ2v) is 7.13. The van der Waals surface area contributed by atoms with Gasteiger partial charge >= 0.3 is 0 Å². The fourth-order valence-corrected chi connectivity index (χ4v) is 4.53. The van der Waals surface area contributed by atoms with Crippen LogP contribution >= 0.6 is 0 Å². The minimum atomic E-state index is -0.354. The number of phenolic OH excluding ortho intramolecular Hbond substituents is 1. The fourth-order valence-electron chi connectivity index (χ4n) is 4.53. The predicted molar refractivity (Wildman–Crippen MR) is 89.7 cm³/mol. The van der Waals surface area contributed by atoms with Gasteiger partial charge in [-0.3, -0.25) is 0 Å². The van der Waals surface area contributed by atoms with E-state index in [2.05, 4.69) is 0 Å². The predicted octanol–water partition coefficient (Wildman–Crippen LogP) is 2.97. The molecule has 5 rings (SSSR count). The second kappa shape index (κ2) is 4.80. The van der Waals surface area contributed by atoms with Gasteiger partial charge < -0.3 is 29.2 Å². The molecule has 25 heavy (non-hydrogen) atoms. The molecule has 3 aliphatic rings. The monoisotopic (exact) mass is 341 g/mol. The topological polar surface area (TPSA) is 71.0 Å². The van der Waals surface area contributed by atoms with Gasteiger partial charge in [-0.1, -0.05) is 0 Å². The van der Waals surface area contributed by atoms with Crippen LogP contribution in [0.1, 0.15) is 34.3 Å². The first-order chi connectivity index (χ1) is 12.0. The highest BCUT2D eigenvalue weighted by Gasteiger charge is 2.47. The zero-order valence-corrected chi connectivity index (χ0v) is 14.1. The highest BCUT2D eigenvalue weighted by molar-refractivity contribution is 5.54. The maximum atomic E-state index is 13.5. The summed E-state index contributed by atoms with van der Waals surface area (Å²) < 4.78 is 15.9. The van der Waals surface area contributed by atoms with E-state index in [1.165, 1.54) is 7.11 Å². The molecule has 0 aliphatic carbocycles. The maximum Gasteiger partial charge on any atom is 0.231 e. The number of likely N-dealkylation sites (N-methyl/N-ethyl adjacent to an activating group) is 1. The number of hydrogen-bond acceptors (Lipinski definition) is 5. The largest absolute Gasteiger partial charge is 0.632 e. The first-order valence-electron chi connectivity index (χ1n) is 8.38. The van der Waals surface area contributed by atoms with Crippen molar-refractivity contribution < 1.29 is 24.0 Å². The van der Waals surface area contributed by atoms with E-state index in [-0.39, 0.29) is 29.3 Å². The van der Waals surface area contributed by atoms with Crippen molar-refractivity contribution >= 4 is 0 Å². The van der Waals surface area contributed by atoms with Crippen LogP contribution in [-0.4, -0.2) is 30.7 Å². The zero-order chi connectivity index (χ0) is 17.3. The summed E-state index contributed by atoms with van der Waals surface area (Å²) in [7, 11) is 3.26. The molecule has 0 saturated carbocycles. The summed E-state index contributed by atoms with van der Waals surface area (Å²) in [6, 6.07) is 7.09. The minimum Gasteiger partial charge on any atom is -0.632 e. The number of methoxy groups -OCH3 is 1. The third-order valence-electron chi connectivity index (χ3n) is 5.86. The highest BCUT2D eigenvalue weighted by atomic mass is 16.7. The van der Waals surface area contributed by atoms with Gasteiger partial charge in [-0.25, -0.2) is 0 Å². The van der Waals surface area contributed by atoms with Crippen LogP contribution in [0.2, 0.25) is 0 Å². The van der Waals surface area contributed by atoms with Crippen molar-refractivity contribution in [2.75, 3.05) is 21.0 Å². The Balaban J connectivity index is 1.69. The molecule has 0 fully saturated rings. The number of nitrogens with zero attached hydrogens (tertiary/aromatic N) is 1. The smallest absolute Gasteiger partial charge is 0.231 e. The van der Waals surface area contributed by atoms with Crippen LogP contribution in [0.5, 0.6) is 23.0 Å². The number of hydrogen-bond donors (Lipinski definition) is 1. The SMILES string of the molecule is COc1cc2c(cc1O)C[C@H]1c3cc4c(cc3C[C@@H]2[N@@+]1(C)[O-])OCO4. The molecule has 0 saturated heterocycles. The van der Waals surface area contributed by atoms with Gasteiger partial charge in [-0.15, -0.1) is 0 Å². The van der Waals surface area contributed by atoms with Crippen LogP contribution in [0.25, 0.3) is 0 Å². The van der Waals surface area contributed by atoms with E-state index in [4.69, 9.17) is 14.2 Å². The normalized spacial score (nSPS) is 28.3. The molecule has 0 aromatic heterocycles. The molecule has 3 heterocycles. The molecule has 2 aromatic rings. The summed E-state index contributed by atoms with van der Waals surface area (Å²) in [5, 5.41) is 23.7. The number of rotatable bonds is 1. The Morgan fingerprint density at radius 1 is 1.04 bits per heavy atom. The Bertz CT molecular complexity index is 892. The third kappa shape index (κ3) is 1.92. The maximum absolute atomic E-state index is 13.5. The van der Waals surface area contributed by atoms with Crippen LogP contribution in [0.4, 0.5) is 0 Å². The first-order valence-corrected chi connectivity index (χ1v) is 8.38. The molecule has 0 amide bonds. The summed E-state index contributed by atoms with van der Waals surface area (Å²) in [5.74, 6) is 1.99. The summed E-state index contributed by atoms with van der Waals surface area (Å²) in [4.78, 5) is 0. The molecule has 2 bridgehead atoms. The molecule has 1 N–H and O–H groups in total. The molecule has 6 nitrogen and oxygen atoms in total. The Kier molecular flexibility index (Phi) is 2.86. The number of fused-ring (bicyclic) bond motifs is 7. The highest BCUT2D eigenvalue weighted by Crippen LogP contribution is 2.54. The van der Waals surface area contributed by atoms with Crippen LogP contribution < -0.4 is 14.2 Å². The minimum absolute atomic E-state index is 0.118. The van der Waals surface area contributed by atoms with Crippen molar-refractivity contribution in [3.8, 4) is 23.0 Å². The van der Waals surface area contributed by atoms with Crippen molar-refractivity contribution in [1.82, 2.24) is 0 Å². The molecular weight excluding hydrogens is 322 g/mol. The Hall–Kier alpha value is -2.44. The number of hydroxylamine groups is 3. The van der Waals surface area contributed by atoms with Crippen LogP contribution in [-0.2, 0) is 12.8 Å². The number of benzene rings is 2. The molecule has 0 unspecified atom stereocenters. The lowest BCUT2D eigenvalue weighted by Gasteiger charge is -2.57. The molecule has 3 atom stereocenters. The van der Waals surface area contributed by atoms with Crippen molar-refractivity contribution in [2.45, 2.75) is 24.9 Å². The first kappa shape index (κ1) is 14.9. The van der Waals surface area contributed by atoms with Gasteiger partial charge in [0.25, 0.3) is 0 Å². The van der Waals surface area contributed by atoms with Gasteiger partial charge in [-0.05, 0) is 35.4 Å². The van der Waals surface area contributed by atoms with Gasteiger partial charge in [0.15, 0.2) is 23.0 Å². The van der Waals surface area contributed by atoms with Crippen molar-refractivity contribution in [2.24, 2.45) is 0 Å². The third-order valence-corrected chi connectivity index (χ3v) is 5.86. The Morgan fingerprint density at radius 2 is 1.64 bits per heavy atom. The van der Waals surface area contributed by atoms with Crippen LogP contribution in [0.3, 0.4) is 0 Å². The Labute approximate surface area is 145 Å². The number of quaternary nitrogens is 1. The summed E-state index contributed by atoms with van der Waals surface area (Å²) in [6.07, 6.45) is 1.21. The van der Waals surface area contributed by atoms with Crippen LogP contribution in [0.15, 0.2) is 24.3 Å². The van der Waals surface area contributed by atoms with Gasteiger partial charge in [0, 0.05) is 24.0 Å². The molecular formula is C19H19NO5. The quantitative estimate of drug-likeness (QED) is 0.638. The van der Waals surface area contributed by atoms with Gasteiger partial charge in [0.1, 0.15) is 12.1 Å². The summed E-state index contributed by atoms with van der Waals surface area (Å²) in [5.41, 5.74) is 4.15. The second-order valence-electron chi connectivity index (χ2n) is 7.13. The average molecular weight is 341 g/mol. The van der Waals surface area contributed by atoms with Gasteiger partial charge in [0.05, 0.1) is 14.2 Å².